The molecule has 0 aromatic rings. The van der Waals surface area contributed by atoms with Crippen molar-refractivity contribution in [2.24, 2.45) is 16.6 Å². The van der Waals surface area contributed by atoms with Gasteiger partial charge in [-0.05, 0) is 19.8 Å². The van der Waals surface area contributed by atoms with Gasteiger partial charge in [0.05, 0.1) is 25.1 Å². The minimum atomic E-state index is -0.632. The number of hydrogen-bond donors (Lipinski definition) is 1. The number of aliphatic imine (C=N–C) groups is 1. The second-order valence-electron chi connectivity index (χ2n) is 6.32. The molecule has 0 unspecified atom stereocenters. The van der Waals surface area contributed by atoms with Gasteiger partial charge in [0.15, 0.2) is 5.78 Å². The molecule has 7 nitrogen and oxygen atoms in total. The number of amides is 1. The maximum atomic E-state index is 12.7. The highest BCUT2D eigenvalue weighted by molar-refractivity contribution is 5.93. The summed E-state index contributed by atoms with van der Waals surface area (Å²) in [4.78, 5) is 42.6. The molecular weight excluding hydrogens is 310 g/mol. The Hall–Kier alpha value is -2.02. The molecular formula is C17H25N3O4. The van der Waals surface area contributed by atoms with Crippen LogP contribution in [-0.2, 0) is 19.1 Å². The van der Waals surface area contributed by atoms with Crippen LogP contribution in [0.4, 0.5) is 0 Å². The Morgan fingerprint density at radius 2 is 2.21 bits per heavy atom. The number of nitrogens with zero attached hydrogens (tertiary/aromatic N) is 2. The van der Waals surface area contributed by atoms with Crippen molar-refractivity contribution < 1.29 is 19.1 Å². The first kappa shape index (κ1) is 18.3. The highest BCUT2D eigenvalue weighted by Crippen LogP contribution is 2.25. The molecule has 3 atom stereocenters. The number of allylic oxidation sites excluding steroid dienone is 2. The van der Waals surface area contributed by atoms with Gasteiger partial charge in [-0.15, -0.1) is 0 Å². The lowest BCUT2D eigenvalue weighted by Crippen LogP contribution is -2.47. The molecule has 2 aliphatic heterocycles. The Morgan fingerprint density at radius 1 is 1.46 bits per heavy atom. The number of esters is 1. The Bertz CT molecular complexity index is 568. The smallest absolute Gasteiger partial charge is 0.309 e. The van der Waals surface area contributed by atoms with Crippen LogP contribution in [0.25, 0.3) is 0 Å². The van der Waals surface area contributed by atoms with Gasteiger partial charge in [0.2, 0.25) is 5.91 Å². The van der Waals surface area contributed by atoms with Crippen LogP contribution >= 0.6 is 0 Å². The number of methoxy groups -OCH3 is 1. The van der Waals surface area contributed by atoms with Crippen LogP contribution in [-0.4, -0.2) is 54.5 Å². The molecule has 0 aromatic heterocycles. The summed E-state index contributed by atoms with van der Waals surface area (Å²) in [5, 5.41) is 0. The first-order chi connectivity index (χ1) is 11.4. The fraction of sp³-hybridized carbons (Fsp3) is 0.647. The maximum Gasteiger partial charge on any atom is 0.309 e. The molecule has 0 aliphatic carbocycles. The Morgan fingerprint density at radius 3 is 2.79 bits per heavy atom. The second kappa shape index (κ2) is 8.19. The Kier molecular flexibility index (Phi) is 6.25. The zero-order chi connectivity index (χ0) is 17.7. The van der Waals surface area contributed by atoms with Gasteiger partial charge in [-0.3, -0.25) is 19.4 Å². The van der Waals surface area contributed by atoms with E-state index in [0.29, 0.717) is 19.4 Å². The molecule has 2 N–H and O–H groups in total. The zero-order valence-corrected chi connectivity index (χ0v) is 14.2. The summed E-state index contributed by atoms with van der Waals surface area (Å²) in [5.41, 5.74) is 6.46. The molecule has 24 heavy (non-hydrogen) atoms. The van der Waals surface area contributed by atoms with Crippen molar-refractivity contribution in [1.29, 1.82) is 0 Å². The number of hydrogen-bond acceptors (Lipinski definition) is 6. The molecule has 1 fully saturated rings. The number of rotatable bonds is 7. The first-order valence-corrected chi connectivity index (χ1v) is 8.32. The lowest BCUT2D eigenvalue weighted by atomic mass is 9.93. The van der Waals surface area contributed by atoms with Gasteiger partial charge in [-0.1, -0.05) is 6.08 Å². The fourth-order valence-electron chi connectivity index (χ4n) is 3.21. The molecule has 2 heterocycles. The summed E-state index contributed by atoms with van der Waals surface area (Å²) >= 11 is 0. The van der Waals surface area contributed by atoms with Crippen LogP contribution < -0.4 is 5.73 Å². The van der Waals surface area contributed by atoms with Crippen molar-refractivity contribution in [3.8, 4) is 0 Å². The summed E-state index contributed by atoms with van der Waals surface area (Å²) in [6.07, 6.45) is 6.26. The average molecular weight is 335 g/mol. The third-order valence-corrected chi connectivity index (χ3v) is 4.45. The lowest BCUT2D eigenvalue weighted by molar-refractivity contribution is -0.148. The van der Waals surface area contributed by atoms with Gasteiger partial charge in [0.25, 0.3) is 0 Å². The fourth-order valence-corrected chi connectivity index (χ4v) is 3.21. The number of carbonyl (C=O) groups excluding carboxylic acids is 3. The maximum absolute atomic E-state index is 12.7. The van der Waals surface area contributed by atoms with Crippen LogP contribution in [0, 0.1) is 5.92 Å². The van der Waals surface area contributed by atoms with E-state index >= 15 is 0 Å². The molecule has 0 radical (unpaired) electrons. The lowest BCUT2D eigenvalue weighted by Gasteiger charge is -2.26. The van der Waals surface area contributed by atoms with Crippen molar-refractivity contribution in [1.82, 2.24) is 4.90 Å². The van der Waals surface area contributed by atoms with Crippen molar-refractivity contribution in [3.63, 3.8) is 0 Å². The summed E-state index contributed by atoms with van der Waals surface area (Å²) in [6, 6.07) is -1.12. The quantitative estimate of drug-likeness (QED) is 0.694. The molecule has 132 valence electrons. The monoisotopic (exact) mass is 335 g/mol. The average Bonchev–Trinajstić information content (AvgIpc) is 3.23. The predicted octanol–water partition coefficient (Wildman–Crippen LogP) is 0.822. The molecule has 1 amide bonds. The van der Waals surface area contributed by atoms with E-state index in [1.807, 2.05) is 6.08 Å². The van der Waals surface area contributed by atoms with E-state index in [1.54, 1.807) is 18.0 Å². The van der Waals surface area contributed by atoms with Crippen LogP contribution in [0.15, 0.2) is 16.8 Å². The van der Waals surface area contributed by atoms with E-state index in [-0.39, 0.29) is 18.1 Å². The largest absolute Gasteiger partial charge is 0.469 e. The molecule has 0 aromatic carbocycles. The van der Waals surface area contributed by atoms with Crippen LogP contribution in [0.3, 0.4) is 0 Å². The third kappa shape index (κ3) is 4.29. The van der Waals surface area contributed by atoms with Crippen LogP contribution in [0.2, 0.25) is 0 Å². The van der Waals surface area contributed by atoms with Crippen LogP contribution in [0.1, 0.15) is 39.0 Å². The summed E-state index contributed by atoms with van der Waals surface area (Å²) in [6.45, 7) is 2.15. The van der Waals surface area contributed by atoms with E-state index in [0.717, 1.165) is 18.5 Å². The second-order valence-corrected chi connectivity index (χ2v) is 6.32. The molecule has 2 aliphatic rings. The Labute approximate surface area is 141 Å². The van der Waals surface area contributed by atoms with E-state index in [9.17, 15) is 14.4 Å². The SMILES string of the molecule is COC(=O)[C@@H](CC(=O)[C@@H]1CCCN1C(=O)[C@@H](C)N)CC1=CCC=N1. The summed E-state index contributed by atoms with van der Waals surface area (Å²) in [5.74, 6) is -1.32. The van der Waals surface area contributed by atoms with Gasteiger partial charge in [0.1, 0.15) is 0 Å². The van der Waals surface area contributed by atoms with Crippen molar-refractivity contribution in [2.75, 3.05) is 13.7 Å². The minimum Gasteiger partial charge on any atom is -0.469 e. The first-order valence-electron chi connectivity index (χ1n) is 8.32. The minimum absolute atomic E-state index is 0.0485. The third-order valence-electron chi connectivity index (χ3n) is 4.45. The van der Waals surface area contributed by atoms with Crippen LogP contribution in [0.5, 0.6) is 0 Å². The van der Waals surface area contributed by atoms with Gasteiger partial charge in [0, 0.05) is 37.7 Å². The van der Waals surface area contributed by atoms with Gasteiger partial charge >= 0.3 is 5.97 Å². The Balaban J connectivity index is 2.04. The topological polar surface area (TPSA) is 102 Å². The van der Waals surface area contributed by atoms with Crippen molar-refractivity contribution in [3.05, 3.63) is 11.8 Å². The van der Waals surface area contributed by atoms with Crippen molar-refractivity contribution >= 4 is 23.9 Å². The summed E-state index contributed by atoms with van der Waals surface area (Å²) in [7, 11) is 1.31. The summed E-state index contributed by atoms with van der Waals surface area (Å²) < 4.78 is 4.83. The normalized spacial score (nSPS) is 22.2. The molecule has 7 heteroatoms. The van der Waals surface area contributed by atoms with Gasteiger partial charge in [-0.2, -0.15) is 0 Å². The zero-order valence-electron chi connectivity index (χ0n) is 14.2. The highest BCUT2D eigenvalue weighted by Gasteiger charge is 2.37. The molecule has 0 spiro atoms. The molecule has 2 rings (SSSR count). The standard InChI is InChI=1S/C17H25N3O4/c1-11(18)16(22)20-8-4-6-14(20)15(21)10-12(17(23)24-2)9-13-5-3-7-19-13/h5,7,11-12,14H,3-4,6,8-10,18H2,1-2H3/t11-,12-,14+/m1/s1. The number of carbonyl (C=O) groups is 3. The number of Topliss-reactive ketones (excluding diaryl/α,β-unsaturated/α-hetero) is 1. The van der Waals surface area contributed by atoms with E-state index in [1.165, 1.54) is 7.11 Å². The van der Waals surface area contributed by atoms with Crippen molar-refractivity contribution in [2.45, 2.75) is 51.1 Å². The highest BCUT2D eigenvalue weighted by atomic mass is 16.5. The van der Waals surface area contributed by atoms with Gasteiger partial charge in [-0.25, -0.2) is 0 Å². The van der Waals surface area contributed by atoms with E-state index in [4.69, 9.17) is 10.5 Å². The molecule has 1 saturated heterocycles. The number of likely N-dealkylation sites (tertiary alicyclic amines) is 1. The molecule has 0 saturated carbocycles. The number of ketones is 1. The molecule has 0 bridgehead atoms. The van der Waals surface area contributed by atoms with E-state index in [2.05, 4.69) is 4.99 Å². The van der Waals surface area contributed by atoms with Gasteiger partial charge < -0.3 is 15.4 Å². The predicted molar refractivity (Wildman–Crippen MR) is 89.3 cm³/mol. The van der Waals surface area contributed by atoms with E-state index < -0.39 is 24.0 Å². The number of nitrogens with two attached hydrogens (primary N) is 1. The number of ether oxygens (including phenoxy) is 1.